The summed E-state index contributed by atoms with van der Waals surface area (Å²) < 4.78 is 0. The highest BCUT2D eigenvalue weighted by molar-refractivity contribution is 7.98. The van der Waals surface area contributed by atoms with Crippen LogP contribution < -0.4 is 5.43 Å². The van der Waals surface area contributed by atoms with E-state index in [-0.39, 0.29) is 5.91 Å². The molecular weight excluding hydrogens is 340 g/mol. The van der Waals surface area contributed by atoms with E-state index in [2.05, 4.69) is 10.5 Å². The molecule has 0 atom stereocenters. The number of carbonyl (C=O) groups excluding carboxylic acids is 1. The maximum absolute atomic E-state index is 12.1. The molecule has 1 saturated carbocycles. The molecule has 1 aliphatic rings. The first-order chi connectivity index (χ1) is 11.6. The fraction of sp³-hybridized carbons (Fsp3) is 0.263. The number of thioether (sulfide) groups is 1. The van der Waals surface area contributed by atoms with Crippen LogP contribution in [0.2, 0.25) is 5.02 Å². The molecule has 1 N–H and O–H groups in total. The van der Waals surface area contributed by atoms with Gasteiger partial charge in [-0.1, -0.05) is 23.7 Å². The van der Waals surface area contributed by atoms with Crippen LogP contribution in [-0.2, 0) is 5.75 Å². The van der Waals surface area contributed by atoms with E-state index in [0.29, 0.717) is 11.5 Å². The summed E-state index contributed by atoms with van der Waals surface area (Å²) in [5.41, 5.74) is 5.45. The second kappa shape index (κ2) is 7.86. The van der Waals surface area contributed by atoms with Crippen LogP contribution in [0.5, 0.6) is 0 Å². The first-order valence-electron chi connectivity index (χ1n) is 7.93. The van der Waals surface area contributed by atoms with Gasteiger partial charge in [0.25, 0.3) is 5.91 Å². The molecule has 0 aromatic heterocycles. The summed E-state index contributed by atoms with van der Waals surface area (Å²) in [4.78, 5) is 13.3. The lowest BCUT2D eigenvalue weighted by atomic mass is 10.1. The van der Waals surface area contributed by atoms with Gasteiger partial charge in [0.15, 0.2) is 0 Å². The number of carbonyl (C=O) groups is 1. The van der Waals surface area contributed by atoms with Gasteiger partial charge in [0.05, 0.1) is 0 Å². The Morgan fingerprint density at radius 2 is 1.83 bits per heavy atom. The molecule has 0 spiro atoms. The largest absolute Gasteiger partial charge is 0.271 e. The molecule has 0 saturated heterocycles. The molecule has 2 aromatic rings. The lowest BCUT2D eigenvalue weighted by Crippen LogP contribution is -2.19. The van der Waals surface area contributed by atoms with E-state index in [1.807, 2.05) is 55.5 Å². The highest BCUT2D eigenvalue weighted by atomic mass is 35.5. The van der Waals surface area contributed by atoms with Crippen LogP contribution in [-0.4, -0.2) is 11.6 Å². The number of hydrogen-bond donors (Lipinski definition) is 1. The SMILES string of the molecule is CC(=NNC(=O)c1ccc(CSc2ccc(Cl)cc2)cc1)C1CC1. The minimum Gasteiger partial charge on any atom is -0.267 e. The van der Waals surface area contributed by atoms with Crippen molar-refractivity contribution in [1.82, 2.24) is 5.43 Å². The van der Waals surface area contributed by atoms with E-state index in [1.165, 1.54) is 23.3 Å². The number of hydrogen-bond acceptors (Lipinski definition) is 3. The van der Waals surface area contributed by atoms with Gasteiger partial charge in [-0.2, -0.15) is 5.10 Å². The summed E-state index contributed by atoms with van der Waals surface area (Å²) in [7, 11) is 0. The Hall–Kier alpha value is -1.78. The summed E-state index contributed by atoms with van der Waals surface area (Å²) in [6.45, 7) is 1.97. The molecule has 3 rings (SSSR count). The minimum atomic E-state index is -0.160. The monoisotopic (exact) mass is 358 g/mol. The van der Waals surface area contributed by atoms with Crippen molar-refractivity contribution in [2.75, 3.05) is 0 Å². The lowest BCUT2D eigenvalue weighted by molar-refractivity contribution is 0.0954. The highest BCUT2D eigenvalue weighted by Crippen LogP contribution is 2.30. The van der Waals surface area contributed by atoms with Crippen LogP contribution in [0.3, 0.4) is 0 Å². The van der Waals surface area contributed by atoms with Crippen molar-refractivity contribution in [1.29, 1.82) is 0 Å². The van der Waals surface area contributed by atoms with E-state index in [4.69, 9.17) is 11.6 Å². The lowest BCUT2D eigenvalue weighted by Gasteiger charge is -2.05. The quantitative estimate of drug-likeness (QED) is 0.441. The molecule has 5 heteroatoms. The van der Waals surface area contributed by atoms with Crippen molar-refractivity contribution in [3.05, 3.63) is 64.7 Å². The molecule has 2 aromatic carbocycles. The Kier molecular flexibility index (Phi) is 5.59. The third-order valence-electron chi connectivity index (χ3n) is 3.94. The molecule has 0 radical (unpaired) electrons. The molecule has 3 nitrogen and oxygen atoms in total. The zero-order valence-electron chi connectivity index (χ0n) is 13.5. The maximum atomic E-state index is 12.1. The third-order valence-corrected chi connectivity index (χ3v) is 5.27. The number of benzene rings is 2. The Balaban J connectivity index is 1.53. The number of amides is 1. The predicted molar refractivity (Wildman–Crippen MR) is 101 cm³/mol. The predicted octanol–water partition coefficient (Wildman–Crippen LogP) is 5.15. The number of hydrazone groups is 1. The van der Waals surface area contributed by atoms with Crippen LogP contribution in [0.4, 0.5) is 0 Å². The van der Waals surface area contributed by atoms with Crippen molar-refractivity contribution < 1.29 is 4.79 Å². The number of nitrogens with one attached hydrogen (secondary N) is 1. The van der Waals surface area contributed by atoms with Crippen LogP contribution >= 0.6 is 23.4 Å². The van der Waals surface area contributed by atoms with Gasteiger partial charge < -0.3 is 0 Å². The van der Waals surface area contributed by atoms with Crippen LogP contribution in [0.1, 0.15) is 35.7 Å². The Morgan fingerprint density at radius 3 is 2.46 bits per heavy atom. The number of nitrogens with zero attached hydrogens (tertiary/aromatic N) is 1. The van der Waals surface area contributed by atoms with E-state index in [0.717, 1.165) is 16.5 Å². The zero-order chi connectivity index (χ0) is 16.9. The summed E-state index contributed by atoms with van der Waals surface area (Å²) in [5.74, 6) is 1.26. The fourth-order valence-corrected chi connectivity index (χ4v) is 3.23. The molecular formula is C19H19ClN2OS. The average Bonchev–Trinajstić information content (AvgIpc) is 3.44. The van der Waals surface area contributed by atoms with E-state index in [1.54, 1.807) is 11.8 Å². The van der Waals surface area contributed by atoms with Gasteiger partial charge in [-0.3, -0.25) is 4.79 Å². The summed E-state index contributed by atoms with van der Waals surface area (Å²) in [5, 5.41) is 4.91. The molecule has 1 fully saturated rings. The number of halogens is 1. The maximum Gasteiger partial charge on any atom is 0.271 e. The summed E-state index contributed by atoms with van der Waals surface area (Å²) in [6, 6.07) is 15.4. The minimum absolute atomic E-state index is 0.160. The summed E-state index contributed by atoms with van der Waals surface area (Å²) in [6.07, 6.45) is 2.37. The molecule has 1 aliphatic carbocycles. The van der Waals surface area contributed by atoms with Gasteiger partial charge in [-0.25, -0.2) is 5.43 Å². The summed E-state index contributed by atoms with van der Waals surface area (Å²) >= 11 is 7.63. The molecule has 124 valence electrons. The van der Waals surface area contributed by atoms with Gasteiger partial charge in [-0.15, -0.1) is 11.8 Å². The standard InChI is InChI=1S/C19H19ClN2OS/c1-13(15-6-7-15)21-22-19(23)16-4-2-14(3-5-16)12-24-18-10-8-17(20)9-11-18/h2-5,8-11,15H,6-7,12H2,1H3,(H,22,23). The van der Waals surface area contributed by atoms with Crippen molar-refractivity contribution in [2.45, 2.75) is 30.4 Å². The van der Waals surface area contributed by atoms with Crippen LogP contribution in [0.25, 0.3) is 0 Å². The normalized spacial score (nSPS) is 14.5. The van der Waals surface area contributed by atoms with E-state index < -0.39 is 0 Å². The van der Waals surface area contributed by atoms with Crippen molar-refractivity contribution >= 4 is 35.0 Å². The van der Waals surface area contributed by atoms with Crippen molar-refractivity contribution in [3.8, 4) is 0 Å². The number of rotatable bonds is 6. The molecule has 0 aliphatic heterocycles. The van der Waals surface area contributed by atoms with Crippen LogP contribution in [0.15, 0.2) is 58.5 Å². The van der Waals surface area contributed by atoms with Gasteiger partial charge in [0.1, 0.15) is 0 Å². The van der Waals surface area contributed by atoms with E-state index in [9.17, 15) is 4.79 Å². The second-order valence-corrected chi connectivity index (χ2v) is 7.39. The smallest absolute Gasteiger partial charge is 0.267 e. The molecule has 1 amide bonds. The van der Waals surface area contributed by atoms with Gasteiger partial charge in [0, 0.05) is 26.9 Å². The zero-order valence-corrected chi connectivity index (χ0v) is 15.0. The average molecular weight is 359 g/mol. The van der Waals surface area contributed by atoms with Gasteiger partial charge >= 0.3 is 0 Å². The van der Waals surface area contributed by atoms with Gasteiger partial charge in [0.2, 0.25) is 0 Å². The molecule has 24 heavy (non-hydrogen) atoms. The first-order valence-corrected chi connectivity index (χ1v) is 9.30. The Morgan fingerprint density at radius 1 is 1.17 bits per heavy atom. The highest BCUT2D eigenvalue weighted by Gasteiger charge is 2.24. The first kappa shape index (κ1) is 17.1. The van der Waals surface area contributed by atoms with Crippen molar-refractivity contribution in [3.63, 3.8) is 0 Å². The second-order valence-electron chi connectivity index (χ2n) is 5.91. The topological polar surface area (TPSA) is 41.5 Å². The Labute approximate surface area is 151 Å². The fourth-order valence-electron chi connectivity index (χ4n) is 2.25. The molecule has 0 bridgehead atoms. The van der Waals surface area contributed by atoms with Gasteiger partial charge in [-0.05, 0) is 67.6 Å². The van der Waals surface area contributed by atoms with E-state index >= 15 is 0 Å². The Bertz CT molecular complexity index is 737. The van der Waals surface area contributed by atoms with Crippen LogP contribution in [0, 0.1) is 5.92 Å². The third kappa shape index (κ3) is 4.86. The molecule has 0 unspecified atom stereocenters. The molecule has 0 heterocycles. The van der Waals surface area contributed by atoms with Crippen molar-refractivity contribution in [2.24, 2.45) is 11.0 Å².